The van der Waals surface area contributed by atoms with Crippen LogP contribution >= 0.6 is 0 Å². The Labute approximate surface area is 135 Å². The van der Waals surface area contributed by atoms with Gasteiger partial charge in [-0.3, -0.25) is 4.79 Å². The molecule has 0 spiro atoms. The van der Waals surface area contributed by atoms with Crippen molar-refractivity contribution in [2.24, 2.45) is 17.8 Å². The molecule has 0 N–H and O–H groups in total. The molecule has 23 heavy (non-hydrogen) atoms. The molecule has 0 aliphatic heterocycles. The van der Waals surface area contributed by atoms with Crippen LogP contribution in [0.2, 0.25) is 19.6 Å². The molecule has 2 aromatic rings. The summed E-state index contributed by atoms with van der Waals surface area (Å²) in [5, 5.41) is 1.10. The minimum atomic E-state index is -1.70. The Bertz CT molecular complexity index is 884. The molecule has 2 aliphatic carbocycles. The molecule has 2 aliphatic rings. The number of hydrogen-bond acceptors (Lipinski definition) is 3. The highest BCUT2D eigenvalue weighted by Gasteiger charge is 2.41. The summed E-state index contributed by atoms with van der Waals surface area (Å²) in [7, 11) is -1.70. The summed E-state index contributed by atoms with van der Waals surface area (Å²) in [4.78, 5) is 25.5. The molecule has 1 heterocycles. The van der Waals surface area contributed by atoms with Crippen LogP contribution in [0.15, 0.2) is 39.6 Å². The van der Waals surface area contributed by atoms with E-state index in [9.17, 15) is 9.59 Å². The van der Waals surface area contributed by atoms with Crippen LogP contribution in [0.4, 0.5) is 0 Å². The second-order valence-corrected chi connectivity index (χ2v) is 12.9. The van der Waals surface area contributed by atoms with Crippen molar-refractivity contribution in [3.05, 3.63) is 40.9 Å². The summed E-state index contributed by atoms with van der Waals surface area (Å²) in [6, 6.07) is 5.73. The van der Waals surface area contributed by atoms with Gasteiger partial charge >= 0.3 is 5.76 Å². The maximum absolute atomic E-state index is 13.1. The summed E-state index contributed by atoms with van der Waals surface area (Å²) in [6.07, 6.45) is 6.25. The second-order valence-electron chi connectivity index (χ2n) is 7.83. The van der Waals surface area contributed by atoms with Crippen molar-refractivity contribution in [3.8, 4) is 0 Å². The predicted molar refractivity (Wildman–Crippen MR) is 92.9 cm³/mol. The summed E-state index contributed by atoms with van der Waals surface area (Å²) < 4.78 is 6.71. The molecule has 0 amide bonds. The van der Waals surface area contributed by atoms with E-state index in [2.05, 4.69) is 31.8 Å². The van der Waals surface area contributed by atoms with Crippen molar-refractivity contribution < 1.29 is 9.21 Å². The number of allylic oxidation sites excluding steroid dienone is 2. The molecule has 0 saturated heterocycles. The molecule has 1 fully saturated rings. The van der Waals surface area contributed by atoms with Crippen molar-refractivity contribution in [1.82, 2.24) is 4.57 Å². The van der Waals surface area contributed by atoms with Crippen molar-refractivity contribution in [1.29, 1.82) is 0 Å². The topological polar surface area (TPSA) is 52.2 Å². The number of fused-ring (bicyclic) bond motifs is 3. The van der Waals surface area contributed by atoms with E-state index in [4.69, 9.17) is 4.42 Å². The number of rotatable bonds is 2. The molecule has 2 bridgehead atoms. The van der Waals surface area contributed by atoms with E-state index in [1.165, 1.54) is 4.57 Å². The summed E-state index contributed by atoms with van der Waals surface area (Å²) in [5.41, 5.74) is 1.23. The third kappa shape index (κ3) is 2.17. The zero-order valence-corrected chi connectivity index (χ0v) is 14.7. The molecule has 4 rings (SSSR count). The number of para-hydroxylation sites is 1. The molecule has 1 saturated carbocycles. The minimum absolute atomic E-state index is 0.0850. The average molecular weight is 327 g/mol. The molecule has 5 heteroatoms. The van der Waals surface area contributed by atoms with Gasteiger partial charge in [-0.2, -0.15) is 0 Å². The number of hydrogen-bond donors (Lipinski definition) is 0. The number of oxazole rings is 1. The summed E-state index contributed by atoms with van der Waals surface area (Å²) >= 11 is 0. The molecular formula is C18H21NO3Si. The standard InChI is InChI=1S/C18H21NO3Si/c1-23(2,3)15-6-4-5-14-16(15)19(18(21)22-14)17(20)13-10-11-7-8-12(13)9-11/h4-8,11-13H,9-10H2,1-3H3/t11-,12+,13-/m0/s1. The second kappa shape index (κ2) is 4.80. The zero-order chi connectivity index (χ0) is 16.4. The highest BCUT2D eigenvalue weighted by molar-refractivity contribution is 6.90. The quantitative estimate of drug-likeness (QED) is 0.629. The van der Waals surface area contributed by atoms with Crippen molar-refractivity contribution in [2.45, 2.75) is 32.5 Å². The van der Waals surface area contributed by atoms with E-state index in [1.54, 1.807) is 6.07 Å². The number of nitrogens with zero attached hydrogens (tertiary/aromatic N) is 1. The number of aromatic nitrogens is 1. The van der Waals surface area contributed by atoms with E-state index >= 15 is 0 Å². The first kappa shape index (κ1) is 14.7. The highest BCUT2D eigenvalue weighted by Crippen LogP contribution is 2.44. The molecular weight excluding hydrogens is 306 g/mol. The lowest BCUT2D eigenvalue weighted by atomic mass is 9.92. The fourth-order valence-corrected chi connectivity index (χ4v) is 5.64. The Morgan fingerprint density at radius 3 is 2.61 bits per heavy atom. The lowest BCUT2D eigenvalue weighted by Crippen LogP contribution is -2.41. The summed E-state index contributed by atoms with van der Waals surface area (Å²) in [6.45, 7) is 6.65. The third-order valence-corrected chi connectivity index (χ3v) is 7.25. The van der Waals surface area contributed by atoms with Crippen molar-refractivity contribution in [2.75, 3.05) is 0 Å². The van der Waals surface area contributed by atoms with Crippen LogP contribution in [-0.2, 0) is 0 Å². The largest absolute Gasteiger partial charge is 0.426 e. The third-order valence-electron chi connectivity index (χ3n) is 5.23. The van der Waals surface area contributed by atoms with Gasteiger partial charge in [0.05, 0.1) is 13.6 Å². The van der Waals surface area contributed by atoms with Gasteiger partial charge in [0.15, 0.2) is 5.58 Å². The van der Waals surface area contributed by atoms with Crippen LogP contribution in [0.3, 0.4) is 0 Å². The number of carbonyl (C=O) groups is 1. The molecule has 1 aromatic carbocycles. The lowest BCUT2D eigenvalue weighted by molar-refractivity contribution is 0.0810. The maximum atomic E-state index is 13.1. The predicted octanol–water partition coefficient (Wildman–Crippen LogP) is 2.99. The smallest absolute Gasteiger partial charge is 0.407 e. The van der Waals surface area contributed by atoms with Crippen LogP contribution in [-0.4, -0.2) is 18.5 Å². The molecule has 0 radical (unpaired) electrons. The van der Waals surface area contributed by atoms with E-state index in [0.29, 0.717) is 17.0 Å². The van der Waals surface area contributed by atoms with Crippen LogP contribution in [0.25, 0.3) is 11.1 Å². The molecule has 1 aromatic heterocycles. The molecule has 0 unspecified atom stereocenters. The van der Waals surface area contributed by atoms with Crippen molar-refractivity contribution >= 4 is 30.3 Å². The van der Waals surface area contributed by atoms with Gasteiger partial charge in [-0.05, 0) is 35.9 Å². The Morgan fingerprint density at radius 2 is 2.00 bits per heavy atom. The van der Waals surface area contributed by atoms with Gasteiger partial charge in [0.25, 0.3) is 0 Å². The molecule has 3 atom stereocenters. The zero-order valence-electron chi connectivity index (χ0n) is 13.7. The van der Waals surface area contributed by atoms with Gasteiger partial charge in [-0.25, -0.2) is 9.36 Å². The van der Waals surface area contributed by atoms with Gasteiger partial charge in [-0.1, -0.05) is 43.9 Å². The van der Waals surface area contributed by atoms with E-state index < -0.39 is 13.8 Å². The van der Waals surface area contributed by atoms with Gasteiger partial charge in [-0.15, -0.1) is 0 Å². The Kier molecular flexibility index (Phi) is 3.07. The highest BCUT2D eigenvalue weighted by atomic mass is 28.3. The lowest BCUT2D eigenvalue weighted by Gasteiger charge is -2.20. The monoisotopic (exact) mass is 327 g/mol. The molecule has 4 nitrogen and oxygen atoms in total. The Morgan fingerprint density at radius 1 is 1.22 bits per heavy atom. The van der Waals surface area contributed by atoms with Gasteiger partial charge in [0.1, 0.15) is 0 Å². The van der Waals surface area contributed by atoms with Gasteiger partial charge in [0.2, 0.25) is 5.91 Å². The van der Waals surface area contributed by atoms with Gasteiger partial charge in [0, 0.05) is 5.92 Å². The fraction of sp³-hybridized carbons (Fsp3) is 0.444. The van der Waals surface area contributed by atoms with E-state index in [-0.39, 0.29) is 17.7 Å². The first-order chi connectivity index (χ1) is 10.9. The van der Waals surface area contributed by atoms with Crippen LogP contribution in [0.5, 0.6) is 0 Å². The number of benzene rings is 1. The Balaban J connectivity index is 1.90. The van der Waals surface area contributed by atoms with Gasteiger partial charge < -0.3 is 4.42 Å². The summed E-state index contributed by atoms with van der Waals surface area (Å²) in [5.74, 6) is 0.0691. The number of carbonyl (C=O) groups excluding carboxylic acids is 1. The van der Waals surface area contributed by atoms with E-state index in [0.717, 1.165) is 18.0 Å². The molecule has 120 valence electrons. The minimum Gasteiger partial charge on any atom is -0.407 e. The SMILES string of the molecule is C[Si](C)(C)c1cccc2oc(=O)n(C(=O)[C@H]3C[C@H]4C=C[C@@H]3C4)c12. The first-order valence-electron chi connectivity index (χ1n) is 8.24. The Hall–Kier alpha value is -1.88. The normalized spacial score (nSPS) is 26.3. The fourth-order valence-electron chi connectivity index (χ4n) is 4.10. The van der Waals surface area contributed by atoms with Crippen LogP contribution < -0.4 is 10.9 Å². The van der Waals surface area contributed by atoms with Crippen LogP contribution in [0, 0.1) is 17.8 Å². The van der Waals surface area contributed by atoms with Crippen molar-refractivity contribution in [3.63, 3.8) is 0 Å². The first-order valence-corrected chi connectivity index (χ1v) is 11.7. The van der Waals surface area contributed by atoms with Crippen LogP contribution in [0.1, 0.15) is 17.6 Å². The average Bonchev–Trinajstić information content (AvgIpc) is 3.17. The van der Waals surface area contributed by atoms with E-state index in [1.807, 2.05) is 12.1 Å². The maximum Gasteiger partial charge on any atom is 0.426 e.